The molecule has 7 heteroatoms. The number of hydrogen-bond donors (Lipinski definition) is 1. The predicted molar refractivity (Wildman–Crippen MR) is 146 cm³/mol. The van der Waals surface area contributed by atoms with Gasteiger partial charge in [-0.3, -0.25) is 9.59 Å². The van der Waals surface area contributed by atoms with Crippen molar-refractivity contribution in [3.05, 3.63) is 130 Å². The molecule has 6 nitrogen and oxygen atoms in total. The topological polar surface area (TPSA) is 67.9 Å². The van der Waals surface area contributed by atoms with Crippen molar-refractivity contribution in [2.75, 3.05) is 6.79 Å². The summed E-state index contributed by atoms with van der Waals surface area (Å²) in [5.74, 6) is 0.904. The van der Waals surface area contributed by atoms with Crippen LogP contribution in [0.1, 0.15) is 28.3 Å². The van der Waals surface area contributed by atoms with Gasteiger partial charge >= 0.3 is 0 Å². The van der Waals surface area contributed by atoms with E-state index in [1.807, 2.05) is 91.0 Å². The van der Waals surface area contributed by atoms with Gasteiger partial charge in [-0.05, 0) is 46.5 Å². The van der Waals surface area contributed by atoms with E-state index in [2.05, 4.69) is 5.32 Å². The van der Waals surface area contributed by atoms with Crippen molar-refractivity contribution < 1.29 is 19.1 Å². The molecule has 1 heterocycles. The molecule has 1 N–H and O–H groups in total. The minimum Gasteiger partial charge on any atom is -0.454 e. The van der Waals surface area contributed by atoms with E-state index >= 15 is 0 Å². The highest BCUT2D eigenvalue weighted by Crippen LogP contribution is 2.32. The van der Waals surface area contributed by atoms with Gasteiger partial charge in [0.05, 0.1) is 6.42 Å². The number of benzene rings is 4. The molecule has 1 aliphatic heterocycles. The molecule has 38 heavy (non-hydrogen) atoms. The Balaban J connectivity index is 1.43. The first-order valence-electron chi connectivity index (χ1n) is 12.4. The molecule has 0 aliphatic carbocycles. The van der Waals surface area contributed by atoms with Gasteiger partial charge in [0.1, 0.15) is 6.04 Å². The molecule has 0 saturated heterocycles. The average molecular weight is 527 g/mol. The summed E-state index contributed by atoms with van der Waals surface area (Å²) < 4.78 is 10.9. The third kappa shape index (κ3) is 6.15. The highest BCUT2D eigenvalue weighted by atomic mass is 35.5. The Morgan fingerprint density at radius 2 is 1.45 bits per heavy atom. The van der Waals surface area contributed by atoms with Crippen molar-refractivity contribution in [3.63, 3.8) is 0 Å². The summed E-state index contributed by atoms with van der Waals surface area (Å²) in [6.07, 6.45) is 0.142. The van der Waals surface area contributed by atoms with Gasteiger partial charge in [0.2, 0.25) is 18.6 Å². The summed E-state index contributed by atoms with van der Waals surface area (Å²) in [5, 5.41) is 3.64. The second-order valence-corrected chi connectivity index (χ2v) is 9.47. The molecule has 1 aliphatic rings. The average Bonchev–Trinajstić information content (AvgIpc) is 3.42. The molecule has 4 aromatic carbocycles. The van der Waals surface area contributed by atoms with Crippen LogP contribution in [-0.4, -0.2) is 23.5 Å². The highest BCUT2D eigenvalue weighted by Gasteiger charge is 2.31. The lowest BCUT2D eigenvalue weighted by atomic mass is 10.0. The number of carbonyl (C=O) groups excluding carboxylic acids is 2. The van der Waals surface area contributed by atoms with Crippen LogP contribution in [0, 0.1) is 0 Å². The lowest BCUT2D eigenvalue weighted by molar-refractivity contribution is -0.141. The maximum absolute atomic E-state index is 13.8. The van der Waals surface area contributed by atoms with Crippen molar-refractivity contribution in [2.45, 2.75) is 25.6 Å². The zero-order valence-corrected chi connectivity index (χ0v) is 21.4. The van der Waals surface area contributed by atoms with Crippen LogP contribution in [0.3, 0.4) is 0 Å². The molecule has 0 saturated carbocycles. The Kier molecular flexibility index (Phi) is 7.90. The van der Waals surface area contributed by atoms with E-state index in [0.717, 1.165) is 22.3 Å². The van der Waals surface area contributed by atoms with Crippen LogP contribution < -0.4 is 14.8 Å². The van der Waals surface area contributed by atoms with Crippen molar-refractivity contribution in [3.8, 4) is 11.5 Å². The molecule has 2 amide bonds. The number of ether oxygens (including phenoxy) is 2. The van der Waals surface area contributed by atoms with E-state index in [9.17, 15) is 9.59 Å². The summed E-state index contributed by atoms with van der Waals surface area (Å²) in [6.45, 7) is 0.749. The molecular formula is C31H27ClN2O4. The van der Waals surface area contributed by atoms with Crippen LogP contribution in [0.2, 0.25) is 5.02 Å². The van der Waals surface area contributed by atoms with E-state index < -0.39 is 6.04 Å². The fourth-order valence-electron chi connectivity index (χ4n) is 4.43. The van der Waals surface area contributed by atoms with Gasteiger partial charge in [0.15, 0.2) is 11.5 Å². The Morgan fingerprint density at radius 3 is 2.18 bits per heavy atom. The van der Waals surface area contributed by atoms with Gasteiger partial charge in [0, 0.05) is 18.1 Å². The molecule has 192 valence electrons. The van der Waals surface area contributed by atoms with Gasteiger partial charge in [-0.2, -0.15) is 0 Å². The summed E-state index contributed by atoms with van der Waals surface area (Å²) in [5.41, 5.74) is 3.36. The van der Waals surface area contributed by atoms with Crippen LogP contribution in [0.15, 0.2) is 103 Å². The zero-order chi connectivity index (χ0) is 26.3. The summed E-state index contributed by atoms with van der Waals surface area (Å²) in [4.78, 5) is 29.3. The van der Waals surface area contributed by atoms with E-state index in [4.69, 9.17) is 21.1 Å². The van der Waals surface area contributed by atoms with Gasteiger partial charge in [-0.15, -0.1) is 0 Å². The van der Waals surface area contributed by atoms with Crippen LogP contribution in [-0.2, 0) is 29.1 Å². The number of nitrogens with one attached hydrogen (secondary N) is 1. The Labute approximate surface area is 226 Å². The smallest absolute Gasteiger partial charge is 0.247 e. The van der Waals surface area contributed by atoms with Crippen molar-refractivity contribution in [2.24, 2.45) is 0 Å². The molecule has 1 unspecified atom stereocenters. The normalized spacial score (nSPS) is 12.6. The summed E-state index contributed by atoms with van der Waals surface area (Å²) in [7, 11) is 0. The minimum absolute atomic E-state index is 0.142. The number of carbonyl (C=O) groups is 2. The van der Waals surface area contributed by atoms with E-state index in [1.165, 1.54) is 0 Å². The van der Waals surface area contributed by atoms with Crippen LogP contribution in [0.5, 0.6) is 11.5 Å². The maximum atomic E-state index is 13.8. The Morgan fingerprint density at radius 1 is 0.789 bits per heavy atom. The SMILES string of the molecule is O=C(NCc1ccc2c(c1)OCO2)C(c1ccccc1)N(Cc1ccccc1)C(=O)Cc1ccc(Cl)cc1. The quantitative estimate of drug-likeness (QED) is 0.304. The second-order valence-electron chi connectivity index (χ2n) is 9.03. The predicted octanol–water partition coefficient (Wildman–Crippen LogP) is 5.70. The van der Waals surface area contributed by atoms with Gasteiger partial charge in [-0.25, -0.2) is 0 Å². The molecule has 0 spiro atoms. The minimum atomic E-state index is -0.829. The molecule has 0 bridgehead atoms. The standard InChI is InChI=1S/C31H27ClN2O4/c32-26-14-11-22(12-15-26)18-29(35)34(20-23-7-3-1-4-8-23)30(25-9-5-2-6-10-25)31(36)33-19-24-13-16-27-28(17-24)38-21-37-27/h1-17,30H,18-21H2,(H,33,36). The van der Waals surface area contributed by atoms with Crippen molar-refractivity contribution in [1.82, 2.24) is 10.2 Å². The van der Waals surface area contributed by atoms with Crippen LogP contribution in [0.25, 0.3) is 0 Å². The maximum Gasteiger partial charge on any atom is 0.247 e. The highest BCUT2D eigenvalue weighted by molar-refractivity contribution is 6.30. The van der Waals surface area contributed by atoms with E-state index in [-0.39, 0.29) is 38.1 Å². The Bertz CT molecular complexity index is 1390. The number of fused-ring (bicyclic) bond motifs is 1. The number of nitrogens with zero attached hydrogens (tertiary/aromatic N) is 1. The molecule has 0 aromatic heterocycles. The lowest BCUT2D eigenvalue weighted by Gasteiger charge is -2.32. The van der Waals surface area contributed by atoms with Crippen molar-refractivity contribution >= 4 is 23.4 Å². The zero-order valence-electron chi connectivity index (χ0n) is 20.7. The largest absolute Gasteiger partial charge is 0.454 e. The molecule has 0 radical (unpaired) electrons. The number of halogens is 1. The van der Waals surface area contributed by atoms with Crippen LogP contribution in [0.4, 0.5) is 0 Å². The fourth-order valence-corrected chi connectivity index (χ4v) is 4.55. The molecular weight excluding hydrogens is 500 g/mol. The lowest BCUT2D eigenvalue weighted by Crippen LogP contribution is -2.43. The first-order chi connectivity index (χ1) is 18.6. The van der Waals surface area contributed by atoms with Gasteiger partial charge in [0.25, 0.3) is 0 Å². The third-order valence-electron chi connectivity index (χ3n) is 6.36. The molecule has 1 atom stereocenters. The van der Waals surface area contributed by atoms with Gasteiger partial charge < -0.3 is 19.7 Å². The molecule has 0 fully saturated rings. The van der Waals surface area contributed by atoms with E-state index in [0.29, 0.717) is 16.5 Å². The van der Waals surface area contributed by atoms with Gasteiger partial charge in [-0.1, -0.05) is 90.5 Å². The number of amides is 2. The monoisotopic (exact) mass is 526 g/mol. The third-order valence-corrected chi connectivity index (χ3v) is 6.62. The van der Waals surface area contributed by atoms with Crippen LogP contribution >= 0.6 is 11.6 Å². The second kappa shape index (κ2) is 11.8. The van der Waals surface area contributed by atoms with Crippen molar-refractivity contribution in [1.29, 1.82) is 0 Å². The number of hydrogen-bond acceptors (Lipinski definition) is 4. The molecule has 5 rings (SSSR count). The fraction of sp³-hybridized carbons (Fsp3) is 0.161. The summed E-state index contributed by atoms with van der Waals surface area (Å²) >= 11 is 6.04. The molecule has 4 aromatic rings. The Hall–Kier alpha value is -4.29. The van der Waals surface area contributed by atoms with E-state index in [1.54, 1.807) is 17.0 Å². The first kappa shape index (κ1) is 25.4. The first-order valence-corrected chi connectivity index (χ1v) is 12.7. The summed E-state index contributed by atoms with van der Waals surface area (Å²) in [6, 6.07) is 31.0. The number of rotatable bonds is 9.